The molecule has 204 valence electrons. The molecule has 4 amide bonds. The summed E-state index contributed by atoms with van der Waals surface area (Å²) in [6.07, 6.45) is 3.68. The largest absolute Gasteiger partial charge is 0.480 e. The highest BCUT2D eigenvalue weighted by Gasteiger charge is 2.37. The van der Waals surface area contributed by atoms with Gasteiger partial charge in [-0.05, 0) is 50.7 Å². The third-order valence-corrected chi connectivity index (χ3v) is 6.83. The van der Waals surface area contributed by atoms with Gasteiger partial charge in [-0.2, -0.15) is 11.8 Å². The molecule has 0 radical (unpaired) electrons. The number of nitrogens with zero attached hydrogens (tertiary/aromatic N) is 1. The van der Waals surface area contributed by atoms with Crippen LogP contribution < -0.4 is 21.7 Å². The summed E-state index contributed by atoms with van der Waals surface area (Å²) in [4.78, 5) is 64.1. The highest BCUT2D eigenvalue weighted by atomic mass is 32.2. The van der Waals surface area contributed by atoms with Crippen LogP contribution in [-0.4, -0.2) is 88.4 Å². The van der Waals surface area contributed by atoms with E-state index in [9.17, 15) is 24.0 Å². The SMILES string of the molecule is CSCCC(N)C(=O)N1CCCC1C(=O)NC(C)C(=O)NC(Cc1ccccc1)C(=O)NC(C)C(=O)O. The van der Waals surface area contributed by atoms with E-state index >= 15 is 0 Å². The lowest BCUT2D eigenvalue weighted by molar-refractivity contribution is -0.141. The maximum absolute atomic E-state index is 13.0. The minimum Gasteiger partial charge on any atom is -0.480 e. The Morgan fingerprint density at radius 1 is 1.05 bits per heavy atom. The van der Waals surface area contributed by atoms with Gasteiger partial charge < -0.3 is 31.7 Å². The molecule has 1 heterocycles. The van der Waals surface area contributed by atoms with E-state index in [4.69, 9.17) is 10.8 Å². The Balaban J connectivity index is 2.04. The van der Waals surface area contributed by atoms with Gasteiger partial charge in [0.25, 0.3) is 0 Å². The van der Waals surface area contributed by atoms with Gasteiger partial charge in [-0.25, -0.2) is 0 Å². The number of rotatable bonds is 13. The number of aliphatic carboxylic acids is 1. The maximum Gasteiger partial charge on any atom is 0.325 e. The fourth-order valence-electron chi connectivity index (χ4n) is 3.99. The molecule has 5 atom stereocenters. The van der Waals surface area contributed by atoms with Crippen molar-refractivity contribution in [1.82, 2.24) is 20.9 Å². The number of hydrogen-bond donors (Lipinski definition) is 5. The number of thioether (sulfide) groups is 1. The van der Waals surface area contributed by atoms with Crippen LogP contribution >= 0.6 is 11.8 Å². The molecular weight excluding hydrogens is 498 g/mol. The van der Waals surface area contributed by atoms with Gasteiger partial charge in [0, 0.05) is 13.0 Å². The fourth-order valence-corrected chi connectivity index (χ4v) is 4.48. The number of nitrogens with two attached hydrogens (primary N) is 1. The van der Waals surface area contributed by atoms with Crippen LogP contribution in [0.3, 0.4) is 0 Å². The van der Waals surface area contributed by atoms with Gasteiger partial charge in [0.2, 0.25) is 23.6 Å². The van der Waals surface area contributed by atoms with E-state index in [1.54, 1.807) is 36.0 Å². The second kappa shape index (κ2) is 14.6. The molecule has 1 aliphatic rings. The van der Waals surface area contributed by atoms with Crippen molar-refractivity contribution in [2.24, 2.45) is 5.73 Å². The fraction of sp³-hybridized carbons (Fsp3) is 0.560. The van der Waals surface area contributed by atoms with Gasteiger partial charge in [-0.1, -0.05) is 30.3 Å². The summed E-state index contributed by atoms with van der Waals surface area (Å²) in [5.74, 6) is -2.48. The van der Waals surface area contributed by atoms with Crippen molar-refractivity contribution in [3.63, 3.8) is 0 Å². The van der Waals surface area contributed by atoms with Crippen molar-refractivity contribution in [3.8, 4) is 0 Å². The molecule has 1 fully saturated rings. The molecule has 0 saturated carbocycles. The minimum absolute atomic E-state index is 0.129. The van der Waals surface area contributed by atoms with Crippen molar-refractivity contribution < 1.29 is 29.1 Å². The summed E-state index contributed by atoms with van der Waals surface area (Å²) in [6, 6.07) is 4.35. The first-order valence-corrected chi connectivity index (χ1v) is 13.7. The van der Waals surface area contributed by atoms with Gasteiger partial charge in [0.1, 0.15) is 24.2 Å². The number of nitrogens with one attached hydrogen (secondary N) is 3. The van der Waals surface area contributed by atoms with E-state index in [1.165, 1.54) is 18.7 Å². The zero-order valence-electron chi connectivity index (χ0n) is 21.4. The highest BCUT2D eigenvalue weighted by molar-refractivity contribution is 7.98. The van der Waals surface area contributed by atoms with Crippen molar-refractivity contribution >= 4 is 41.4 Å². The summed E-state index contributed by atoms with van der Waals surface area (Å²) < 4.78 is 0. The normalized spacial score (nSPS) is 18.3. The second-order valence-corrected chi connectivity index (χ2v) is 10.1. The molecule has 37 heavy (non-hydrogen) atoms. The summed E-state index contributed by atoms with van der Waals surface area (Å²) in [7, 11) is 0. The highest BCUT2D eigenvalue weighted by Crippen LogP contribution is 2.19. The summed E-state index contributed by atoms with van der Waals surface area (Å²) in [5.41, 5.74) is 6.78. The number of hydrogen-bond acceptors (Lipinski definition) is 7. The van der Waals surface area contributed by atoms with E-state index in [0.717, 1.165) is 11.3 Å². The number of likely N-dealkylation sites (tertiary alicyclic amines) is 1. The van der Waals surface area contributed by atoms with Crippen LogP contribution in [0.25, 0.3) is 0 Å². The molecule has 1 aliphatic heterocycles. The Morgan fingerprint density at radius 2 is 1.73 bits per heavy atom. The quantitative estimate of drug-likeness (QED) is 0.233. The van der Waals surface area contributed by atoms with Crippen LogP contribution in [0.5, 0.6) is 0 Å². The van der Waals surface area contributed by atoms with E-state index in [-0.39, 0.29) is 12.3 Å². The van der Waals surface area contributed by atoms with Crippen LogP contribution in [0.4, 0.5) is 0 Å². The standard InChI is InChI=1S/C25H37N5O6S/c1-15(27-23(33)20-10-7-12-30(20)24(34)18(26)11-13-37-3)21(31)29-19(14-17-8-5-4-6-9-17)22(32)28-16(2)25(35)36/h4-6,8-9,15-16,18-20H,7,10-14,26H2,1-3H3,(H,27,33)(H,28,32)(H,29,31)(H,35,36). The van der Waals surface area contributed by atoms with Crippen molar-refractivity contribution in [1.29, 1.82) is 0 Å². The molecule has 11 nitrogen and oxygen atoms in total. The molecule has 6 N–H and O–H groups in total. The van der Waals surface area contributed by atoms with E-state index < -0.39 is 53.9 Å². The van der Waals surface area contributed by atoms with Gasteiger partial charge in [0.15, 0.2) is 0 Å². The maximum atomic E-state index is 13.0. The molecule has 1 aromatic carbocycles. The Morgan fingerprint density at radius 3 is 2.35 bits per heavy atom. The minimum atomic E-state index is -1.21. The number of carboxylic acids is 1. The van der Waals surface area contributed by atoms with Crippen LogP contribution in [0, 0.1) is 0 Å². The van der Waals surface area contributed by atoms with E-state index in [0.29, 0.717) is 25.8 Å². The summed E-state index contributed by atoms with van der Waals surface area (Å²) in [5, 5.41) is 16.8. The van der Waals surface area contributed by atoms with Crippen molar-refractivity contribution in [2.45, 2.75) is 69.7 Å². The molecule has 12 heteroatoms. The van der Waals surface area contributed by atoms with Crippen LogP contribution in [0.15, 0.2) is 30.3 Å². The van der Waals surface area contributed by atoms with Crippen molar-refractivity contribution in [3.05, 3.63) is 35.9 Å². The third kappa shape index (κ3) is 9.04. The van der Waals surface area contributed by atoms with Gasteiger partial charge >= 0.3 is 5.97 Å². The molecule has 5 unspecified atom stereocenters. The zero-order chi connectivity index (χ0) is 27.5. The number of carbonyl (C=O) groups excluding carboxylic acids is 4. The molecular formula is C25H37N5O6S. The van der Waals surface area contributed by atoms with Crippen molar-refractivity contribution in [2.75, 3.05) is 18.6 Å². The Bertz CT molecular complexity index is 962. The van der Waals surface area contributed by atoms with Gasteiger partial charge in [-0.3, -0.25) is 24.0 Å². The predicted octanol–water partition coefficient (Wildman–Crippen LogP) is -0.121. The Labute approximate surface area is 221 Å². The monoisotopic (exact) mass is 535 g/mol. The number of amides is 4. The van der Waals surface area contributed by atoms with Gasteiger partial charge in [-0.15, -0.1) is 0 Å². The molecule has 1 aromatic rings. The second-order valence-electron chi connectivity index (χ2n) is 9.13. The average Bonchev–Trinajstić information content (AvgIpc) is 3.36. The smallest absolute Gasteiger partial charge is 0.325 e. The lowest BCUT2D eigenvalue weighted by Crippen LogP contribution is -2.57. The van der Waals surface area contributed by atoms with Crippen LogP contribution in [0.1, 0.15) is 38.7 Å². The van der Waals surface area contributed by atoms with Gasteiger partial charge in [0.05, 0.1) is 6.04 Å². The first-order chi connectivity index (χ1) is 17.5. The molecule has 0 aliphatic carbocycles. The summed E-state index contributed by atoms with van der Waals surface area (Å²) in [6.45, 7) is 3.23. The lowest BCUT2D eigenvalue weighted by atomic mass is 10.0. The predicted molar refractivity (Wildman–Crippen MR) is 141 cm³/mol. The van der Waals surface area contributed by atoms with Crippen LogP contribution in [-0.2, 0) is 30.4 Å². The molecule has 2 rings (SSSR count). The molecule has 0 spiro atoms. The van der Waals surface area contributed by atoms with Crippen LogP contribution in [0.2, 0.25) is 0 Å². The first kappa shape index (κ1) is 30.1. The number of benzene rings is 1. The molecule has 1 saturated heterocycles. The summed E-state index contributed by atoms with van der Waals surface area (Å²) >= 11 is 1.59. The topological polar surface area (TPSA) is 171 Å². The molecule has 0 aromatic heterocycles. The zero-order valence-corrected chi connectivity index (χ0v) is 22.3. The lowest BCUT2D eigenvalue weighted by Gasteiger charge is -2.28. The number of carbonyl (C=O) groups is 5. The molecule has 0 bridgehead atoms. The number of carboxylic acid groups (broad SMARTS) is 1. The van der Waals surface area contributed by atoms with E-state index in [1.807, 2.05) is 12.3 Å². The Hall–Kier alpha value is -3.12. The average molecular weight is 536 g/mol. The first-order valence-electron chi connectivity index (χ1n) is 12.3. The Kier molecular flexibility index (Phi) is 11.9. The van der Waals surface area contributed by atoms with E-state index in [2.05, 4.69) is 16.0 Å². The third-order valence-electron chi connectivity index (χ3n) is 6.19.